The van der Waals surface area contributed by atoms with E-state index in [2.05, 4.69) is 39.2 Å². The largest absolute Gasteiger partial charge is 0.356 e. The normalized spacial score (nSPS) is 17.0. The first kappa shape index (κ1) is 20.6. The molecule has 0 radical (unpaired) electrons. The molecule has 1 aromatic heterocycles. The van der Waals surface area contributed by atoms with Gasteiger partial charge in [-0.25, -0.2) is 13.1 Å². The highest BCUT2D eigenvalue weighted by Gasteiger charge is 2.37. The Morgan fingerprint density at radius 1 is 1.31 bits per heavy atom. The first-order valence-corrected chi connectivity index (χ1v) is 10.7. The average Bonchev–Trinajstić information content (AvgIpc) is 2.59. The second-order valence-electron chi connectivity index (χ2n) is 7.39. The van der Waals surface area contributed by atoms with Crippen molar-refractivity contribution >= 4 is 16.0 Å². The SMILES string of the molecule is CN=C(NCCNS(=O)(=O)c1cccnc1)NCC1(CC(C)C)CCC1. The number of hydrogen-bond donors (Lipinski definition) is 3. The summed E-state index contributed by atoms with van der Waals surface area (Å²) in [5.74, 6) is 1.40. The average molecular weight is 382 g/mol. The Labute approximate surface area is 157 Å². The molecule has 8 heteroatoms. The summed E-state index contributed by atoms with van der Waals surface area (Å²) in [5, 5.41) is 6.56. The Morgan fingerprint density at radius 2 is 2.08 bits per heavy atom. The number of pyridine rings is 1. The lowest BCUT2D eigenvalue weighted by atomic mass is 9.64. The molecule has 7 nitrogen and oxygen atoms in total. The van der Waals surface area contributed by atoms with Gasteiger partial charge in [-0.2, -0.15) is 0 Å². The van der Waals surface area contributed by atoms with Crippen LogP contribution in [0.2, 0.25) is 0 Å². The maximum absolute atomic E-state index is 12.1. The Morgan fingerprint density at radius 3 is 2.62 bits per heavy atom. The lowest BCUT2D eigenvalue weighted by molar-refractivity contribution is 0.104. The molecule has 0 aliphatic heterocycles. The second-order valence-corrected chi connectivity index (χ2v) is 9.16. The molecule has 2 rings (SSSR count). The summed E-state index contributed by atoms with van der Waals surface area (Å²) in [4.78, 5) is 8.24. The van der Waals surface area contributed by atoms with E-state index >= 15 is 0 Å². The molecule has 26 heavy (non-hydrogen) atoms. The highest BCUT2D eigenvalue weighted by molar-refractivity contribution is 7.89. The highest BCUT2D eigenvalue weighted by atomic mass is 32.2. The van der Waals surface area contributed by atoms with E-state index in [0.717, 1.165) is 6.54 Å². The molecule has 1 aliphatic carbocycles. The van der Waals surface area contributed by atoms with Crippen molar-refractivity contribution in [1.29, 1.82) is 0 Å². The third kappa shape index (κ3) is 5.95. The van der Waals surface area contributed by atoms with Gasteiger partial charge in [0.15, 0.2) is 5.96 Å². The van der Waals surface area contributed by atoms with Crippen LogP contribution in [0.25, 0.3) is 0 Å². The molecule has 0 saturated heterocycles. The van der Waals surface area contributed by atoms with Crippen molar-refractivity contribution in [2.45, 2.75) is 44.4 Å². The number of aliphatic imine (C=N–C) groups is 1. The Balaban J connectivity index is 1.74. The van der Waals surface area contributed by atoms with Crippen LogP contribution in [0.3, 0.4) is 0 Å². The van der Waals surface area contributed by atoms with Gasteiger partial charge in [0.1, 0.15) is 4.90 Å². The van der Waals surface area contributed by atoms with Crippen LogP contribution in [-0.4, -0.2) is 46.0 Å². The smallest absolute Gasteiger partial charge is 0.242 e. The molecule has 1 aromatic rings. The van der Waals surface area contributed by atoms with Crippen LogP contribution in [0, 0.1) is 11.3 Å². The summed E-state index contributed by atoms with van der Waals surface area (Å²) >= 11 is 0. The van der Waals surface area contributed by atoms with Gasteiger partial charge in [-0.3, -0.25) is 9.98 Å². The lowest BCUT2D eigenvalue weighted by Crippen LogP contribution is -2.48. The van der Waals surface area contributed by atoms with Gasteiger partial charge in [-0.05, 0) is 42.7 Å². The van der Waals surface area contributed by atoms with Gasteiger partial charge in [0.2, 0.25) is 10.0 Å². The van der Waals surface area contributed by atoms with Gasteiger partial charge in [0.25, 0.3) is 0 Å². The van der Waals surface area contributed by atoms with Crippen LogP contribution < -0.4 is 15.4 Å². The minimum Gasteiger partial charge on any atom is -0.356 e. The zero-order valence-corrected chi connectivity index (χ0v) is 16.8. The number of nitrogens with one attached hydrogen (secondary N) is 3. The quantitative estimate of drug-likeness (QED) is 0.344. The van der Waals surface area contributed by atoms with E-state index in [-0.39, 0.29) is 11.4 Å². The molecule has 146 valence electrons. The van der Waals surface area contributed by atoms with Crippen molar-refractivity contribution in [2.75, 3.05) is 26.7 Å². The minimum absolute atomic E-state index is 0.170. The van der Waals surface area contributed by atoms with E-state index in [0.29, 0.717) is 23.8 Å². The Bertz CT molecular complexity index is 685. The van der Waals surface area contributed by atoms with Gasteiger partial charge in [0.05, 0.1) is 0 Å². The fourth-order valence-electron chi connectivity index (χ4n) is 3.44. The minimum atomic E-state index is -3.52. The van der Waals surface area contributed by atoms with Crippen molar-refractivity contribution < 1.29 is 8.42 Å². The van der Waals surface area contributed by atoms with E-state index in [4.69, 9.17) is 0 Å². The maximum atomic E-state index is 12.1. The summed E-state index contributed by atoms with van der Waals surface area (Å²) < 4.78 is 26.8. The summed E-state index contributed by atoms with van der Waals surface area (Å²) in [6.45, 7) is 6.17. The molecule has 1 aliphatic rings. The van der Waals surface area contributed by atoms with Crippen molar-refractivity contribution in [1.82, 2.24) is 20.3 Å². The standard InChI is InChI=1S/C18H31N5O2S/c1-15(2)12-18(7-5-8-18)14-22-17(19-3)21-10-11-23-26(24,25)16-6-4-9-20-13-16/h4,6,9,13,15,23H,5,7-8,10-12,14H2,1-3H3,(H2,19,21,22). The predicted molar refractivity (Wildman–Crippen MR) is 105 cm³/mol. The third-order valence-corrected chi connectivity index (χ3v) is 6.21. The van der Waals surface area contributed by atoms with Crippen LogP contribution in [0.15, 0.2) is 34.4 Å². The maximum Gasteiger partial charge on any atom is 0.242 e. The number of hydrogen-bond acceptors (Lipinski definition) is 4. The predicted octanol–water partition coefficient (Wildman–Crippen LogP) is 1.74. The molecule has 1 saturated carbocycles. The summed E-state index contributed by atoms with van der Waals surface area (Å²) in [7, 11) is -1.79. The Hall–Kier alpha value is -1.67. The van der Waals surface area contributed by atoms with E-state index in [9.17, 15) is 8.42 Å². The highest BCUT2D eigenvalue weighted by Crippen LogP contribution is 2.45. The van der Waals surface area contributed by atoms with E-state index < -0.39 is 10.0 Å². The molecule has 0 bridgehead atoms. The third-order valence-electron chi connectivity index (χ3n) is 4.76. The first-order valence-electron chi connectivity index (χ1n) is 9.21. The molecular formula is C18H31N5O2S. The number of rotatable bonds is 9. The van der Waals surface area contributed by atoms with Crippen molar-refractivity contribution in [3.8, 4) is 0 Å². The van der Waals surface area contributed by atoms with Crippen LogP contribution in [-0.2, 0) is 10.0 Å². The van der Waals surface area contributed by atoms with Crippen molar-refractivity contribution in [3.63, 3.8) is 0 Å². The van der Waals surface area contributed by atoms with Gasteiger partial charge in [0, 0.05) is 39.1 Å². The molecule has 1 heterocycles. The molecule has 0 amide bonds. The molecule has 0 aromatic carbocycles. The van der Waals surface area contributed by atoms with Crippen molar-refractivity contribution in [2.24, 2.45) is 16.3 Å². The van der Waals surface area contributed by atoms with Crippen LogP contribution in [0.5, 0.6) is 0 Å². The van der Waals surface area contributed by atoms with Gasteiger partial charge in [-0.1, -0.05) is 20.3 Å². The number of guanidine groups is 1. The summed E-state index contributed by atoms with van der Waals surface area (Å²) in [5.41, 5.74) is 0.383. The zero-order valence-electron chi connectivity index (χ0n) is 16.0. The lowest BCUT2D eigenvalue weighted by Gasteiger charge is -2.43. The van der Waals surface area contributed by atoms with E-state index in [1.54, 1.807) is 19.3 Å². The zero-order chi connectivity index (χ0) is 19.0. The van der Waals surface area contributed by atoms with Gasteiger partial charge in [-0.15, -0.1) is 0 Å². The van der Waals surface area contributed by atoms with Crippen LogP contribution in [0.4, 0.5) is 0 Å². The van der Waals surface area contributed by atoms with E-state index in [1.165, 1.54) is 37.9 Å². The number of aromatic nitrogens is 1. The van der Waals surface area contributed by atoms with Gasteiger partial charge < -0.3 is 10.6 Å². The van der Waals surface area contributed by atoms with Crippen LogP contribution >= 0.6 is 0 Å². The van der Waals surface area contributed by atoms with Gasteiger partial charge >= 0.3 is 0 Å². The molecule has 0 spiro atoms. The molecular weight excluding hydrogens is 350 g/mol. The monoisotopic (exact) mass is 381 g/mol. The van der Waals surface area contributed by atoms with Crippen LogP contribution in [0.1, 0.15) is 39.5 Å². The first-order chi connectivity index (χ1) is 12.4. The number of nitrogens with zero attached hydrogens (tertiary/aromatic N) is 2. The summed E-state index contributed by atoms with van der Waals surface area (Å²) in [6, 6.07) is 3.13. The van der Waals surface area contributed by atoms with Crippen molar-refractivity contribution in [3.05, 3.63) is 24.5 Å². The van der Waals surface area contributed by atoms with E-state index in [1.807, 2.05) is 0 Å². The summed E-state index contributed by atoms with van der Waals surface area (Å²) in [6.07, 6.45) is 7.94. The fraction of sp³-hybridized carbons (Fsp3) is 0.667. The Kier molecular flexibility index (Phi) is 7.40. The topological polar surface area (TPSA) is 95.5 Å². The second kappa shape index (κ2) is 9.32. The molecule has 0 atom stereocenters. The molecule has 0 unspecified atom stereocenters. The fourth-order valence-corrected chi connectivity index (χ4v) is 4.44. The molecule has 3 N–H and O–H groups in total. The molecule has 1 fully saturated rings. The number of sulfonamides is 1.